The molecule has 1 atom stereocenters. The highest BCUT2D eigenvalue weighted by Crippen LogP contribution is 1.98. The van der Waals surface area contributed by atoms with Gasteiger partial charge >= 0.3 is 5.97 Å². The molecule has 0 aliphatic heterocycles. The first-order valence-electron chi connectivity index (χ1n) is 3.49. The minimum atomic E-state index is -3.45. The highest BCUT2D eigenvalue weighted by Gasteiger charge is 2.09. The van der Waals surface area contributed by atoms with Crippen LogP contribution in [-0.4, -0.2) is 26.2 Å². The number of carbonyl (C=O) groups excluding carboxylic acids is 1. The van der Waals surface area contributed by atoms with Crippen molar-refractivity contribution in [3.05, 3.63) is 0 Å². The van der Waals surface area contributed by atoms with E-state index in [0.717, 1.165) is 0 Å². The van der Waals surface area contributed by atoms with Crippen LogP contribution < -0.4 is 5.14 Å². The molecule has 0 rings (SSSR count). The maximum atomic E-state index is 10.5. The predicted octanol–water partition coefficient (Wildman–Crippen LogP) is -0.383. The first-order chi connectivity index (χ1) is 5.31. The quantitative estimate of drug-likeness (QED) is 0.619. The molecule has 1 unspecified atom stereocenters. The Morgan fingerprint density at radius 1 is 1.58 bits per heavy atom. The summed E-state index contributed by atoms with van der Waals surface area (Å²) in [6, 6.07) is 0. The SMILES string of the molecule is CC(=O)OC(C)CCS(N)(=O)=O. The van der Waals surface area contributed by atoms with E-state index in [0.29, 0.717) is 0 Å². The van der Waals surface area contributed by atoms with Crippen molar-refractivity contribution in [3.63, 3.8) is 0 Å². The molecule has 2 N–H and O–H groups in total. The summed E-state index contributed by atoms with van der Waals surface area (Å²) in [5.74, 6) is -0.585. The van der Waals surface area contributed by atoms with Crippen molar-refractivity contribution in [2.75, 3.05) is 5.75 Å². The van der Waals surface area contributed by atoms with Gasteiger partial charge in [0.1, 0.15) is 0 Å². The second-order valence-corrected chi connectivity index (χ2v) is 4.31. The molecule has 0 aliphatic carbocycles. The largest absolute Gasteiger partial charge is 0.463 e. The van der Waals surface area contributed by atoms with Crippen LogP contribution >= 0.6 is 0 Å². The van der Waals surface area contributed by atoms with E-state index in [1.54, 1.807) is 6.92 Å². The van der Waals surface area contributed by atoms with Crippen LogP contribution in [0.15, 0.2) is 0 Å². The number of hydrogen-bond acceptors (Lipinski definition) is 4. The van der Waals surface area contributed by atoms with E-state index in [1.165, 1.54) is 6.92 Å². The number of nitrogens with two attached hydrogens (primary N) is 1. The minimum absolute atomic E-state index is 0.165. The van der Waals surface area contributed by atoms with E-state index in [1.807, 2.05) is 0 Å². The van der Waals surface area contributed by atoms with Crippen molar-refractivity contribution in [2.45, 2.75) is 26.4 Å². The van der Waals surface area contributed by atoms with Gasteiger partial charge in [-0.2, -0.15) is 0 Å². The summed E-state index contributed by atoms with van der Waals surface area (Å²) in [4.78, 5) is 10.4. The number of carbonyl (C=O) groups is 1. The molecule has 0 fully saturated rings. The third kappa shape index (κ3) is 7.49. The summed E-state index contributed by atoms with van der Waals surface area (Å²) in [7, 11) is -3.45. The Kier molecular flexibility index (Phi) is 4.19. The average molecular weight is 195 g/mol. The van der Waals surface area contributed by atoms with Gasteiger partial charge in [0.05, 0.1) is 11.9 Å². The molecule has 72 valence electrons. The molecule has 0 bridgehead atoms. The van der Waals surface area contributed by atoms with Crippen molar-refractivity contribution in [1.29, 1.82) is 0 Å². The zero-order valence-electron chi connectivity index (χ0n) is 7.11. The number of sulfonamides is 1. The van der Waals surface area contributed by atoms with E-state index in [9.17, 15) is 13.2 Å². The van der Waals surface area contributed by atoms with Crippen molar-refractivity contribution in [3.8, 4) is 0 Å². The Bertz CT molecular complexity index is 246. The Balaban J connectivity index is 3.72. The fourth-order valence-corrected chi connectivity index (χ4v) is 1.33. The molecule has 12 heavy (non-hydrogen) atoms. The third-order valence-electron chi connectivity index (χ3n) is 1.18. The topological polar surface area (TPSA) is 86.5 Å². The molecular formula is C6H13NO4S. The third-order valence-corrected chi connectivity index (χ3v) is 1.98. The van der Waals surface area contributed by atoms with Gasteiger partial charge in [-0.25, -0.2) is 13.6 Å². The fourth-order valence-electron chi connectivity index (χ4n) is 0.672. The van der Waals surface area contributed by atoms with Gasteiger partial charge in [0.25, 0.3) is 0 Å². The molecule has 6 heteroatoms. The first kappa shape index (κ1) is 11.4. The van der Waals surface area contributed by atoms with Gasteiger partial charge in [-0.15, -0.1) is 0 Å². The fraction of sp³-hybridized carbons (Fsp3) is 0.833. The minimum Gasteiger partial charge on any atom is -0.463 e. The normalized spacial score (nSPS) is 13.9. The van der Waals surface area contributed by atoms with Gasteiger partial charge in [-0.05, 0) is 13.3 Å². The second kappa shape index (κ2) is 4.42. The molecule has 0 saturated carbocycles. The molecule has 0 aliphatic rings. The van der Waals surface area contributed by atoms with Gasteiger partial charge in [0.2, 0.25) is 10.0 Å². The van der Waals surface area contributed by atoms with Gasteiger partial charge in [0, 0.05) is 6.92 Å². The number of primary sulfonamides is 1. The number of esters is 1. The highest BCUT2D eigenvalue weighted by atomic mass is 32.2. The van der Waals surface area contributed by atoms with Crippen molar-refractivity contribution < 1.29 is 17.9 Å². The summed E-state index contributed by atoms with van der Waals surface area (Å²) in [6.45, 7) is 2.89. The predicted molar refractivity (Wildman–Crippen MR) is 43.8 cm³/mol. The molecule has 5 nitrogen and oxygen atoms in total. The van der Waals surface area contributed by atoms with Crippen molar-refractivity contribution >= 4 is 16.0 Å². The lowest BCUT2D eigenvalue weighted by Gasteiger charge is -2.09. The number of rotatable bonds is 4. The van der Waals surface area contributed by atoms with Crippen LogP contribution in [0, 0.1) is 0 Å². The molecule has 0 amide bonds. The Morgan fingerprint density at radius 3 is 2.42 bits per heavy atom. The molecule has 0 radical (unpaired) electrons. The number of ether oxygens (including phenoxy) is 1. The summed E-state index contributed by atoms with van der Waals surface area (Å²) in [5.41, 5.74) is 0. The van der Waals surface area contributed by atoms with Crippen LogP contribution in [-0.2, 0) is 19.6 Å². The van der Waals surface area contributed by atoms with Crippen molar-refractivity contribution in [2.24, 2.45) is 5.14 Å². The van der Waals surface area contributed by atoms with E-state index in [4.69, 9.17) is 5.14 Å². The van der Waals surface area contributed by atoms with Crippen LogP contribution in [0.4, 0.5) is 0 Å². The van der Waals surface area contributed by atoms with E-state index in [-0.39, 0.29) is 12.2 Å². The zero-order valence-corrected chi connectivity index (χ0v) is 7.93. The lowest BCUT2D eigenvalue weighted by Crippen LogP contribution is -2.22. The maximum absolute atomic E-state index is 10.5. The summed E-state index contributed by atoms with van der Waals surface area (Å²) < 4.78 is 25.6. The zero-order chi connectivity index (χ0) is 9.78. The number of hydrogen-bond donors (Lipinski definition) is 1. The molecule has 0 aromatic carbocycles. The van der Waals surface area contributed by atoms with Crippen LogP contribution in [0.2, 0.25) is 0 Å². The first-order valence-corrected chi connectivity index (χ1v) is 5.20. The smallest absolute Gasteiger partial charge is 0.302 e. The van der Waals surface area contributed by atoms with E-state index < -0.39 is 22.1 Å². The Hall–Kier alpha value is -0.620. The van der Waals surface area contributed by atoms with Gasteiger partial charge in [0.15, 0.2) is 0 Å². The van der Waals surface area contributed by atoms with Gasteiger partial charge < -0.3 is 4.74 Å². The summed E-state index contributed by atoms with van der Waals surface area (Å²) in [5, 5.41) is 4.75. The van der Waals surface area contributed by atoms with E-state index >= 15 is 0 Å². The second-order valence-electron chi connectivity index (χ2n) is 2.58. The molecule has 0 spiro atoms. The maximum Gasteiger partial charge on any atom is 0.302 e. The highest BCUT2D eigenvalue weighted by molar-refractivity contribution is 7.89. The molecule has 0 aromatic heterocycles. The standard InChI is InChI=1S/C6H13NO4S/c1-5(11-6(2)8)3-4-12(7,9)10/h5H,3-4H2,1-2H3,(H2,7,9,10). The van der Waals surface area contributed by atoms with Gasteiger partial charge in [-0.3, -0.25) is 4.79 Å². The average Bonchev–Trinajstić information content (AvgIpc) is 1.80. The van der Waals surface area contributed by atoms with Crippen molar-refractivity contribution in [1.82, 2.24) is 0 Å². The molecule has 0 aromatic rings. The summed E-state index contributed by atoms with van der Waals surface area (Å²) in [6.07, 6.45) is -0.167. The van der Waals surface area contributed by atoms with E-state index in [2.05, 4.69) is 4.74 Å². The lowest BCUT2D eigenvalue weighted by atomic mass is 10.3. The molecule has 0 saturated heterocycles. The van der Waals surface area contributed by atoms with Crippen LogP contribution in [0.25, 0.3) is 0 Å². The molecular weight excluding hydrogens is 182 g/mol. The van der Waals surface area contributed by atoms with Crippen LogP contribution in [0.5, 0.6) is 0 Å². The summed E-state index contributed by atoms with van der Waals surface area (Å²) >= 11 is 0. The lowest BCUT2D eigenvalue weighted by molar-refractivity contribution is -0.145. The monoisotopic (exact) mass is 195 g/mol. The van der Waals surface area contributed by atoms with Crippen LogP contribution in [0.1, 0.15) is 20.3 Å². The molecule has 0 heterocycles. The Morgan fingerprint density at radius 2 is 2.08 bits per heavy atom. The Labute approximate surface area is 71.9 Å². The van der Waals surface area contributed by atoms with Crippen LogP contribution in [0.3, 0.4) is 0 Å². The van der Waals surface area contributed by atoms with Gasteiger partial charge in [-0.1, -0.05) is 0 Å².